The normalized spacial score (nSPS) is 17.1. The Kier molecular flexibility index (Phi) is 7.37. The van der Waals surface area contributed by atoms with Crippen LogP contribution in [-0.2, 0) is 18.5 Å². The number of piperidine rings is 1. The van der Waals surface area contributed by atoms with Gasteiger partial charge in [0.05, 0.1) is 6.54 Å². The smallest absolute Gasteiger partial charge is 0.253 e. The van der Waals surface area contributed by atoms with Crippen molar-refractivity contribution in [1.29, 1.82) is 0 Å². The molecule has 0 atom stereocenters. The van der Waals surface area contributed by atoms with Crippen LogP contribution in [0.25, 0.3) is 0 Å². The predicted molar refractivity (Wildman–Crippen MR) is 161 cm³/mol. The number of hydrogen-bond acceptors (Lipinski definition) is 4. The number of aliphatic imine (C=N–C) groups is 1. The van der Waals surface area contributed by atoms with Gasteiger partial charge >= 0.3 is 0 Å². The van der Waals surface area contributed by atoms with Gasteiger partial charge in [0.2, 0.25) is 0 Å². The fraction of sp³-hybridized carbons (Fsp3) is 0.257. The average Bonchev–Trinajstić information content (AvgIpc) is 3.35. The van der Waals surface area contributed by atoms with Crippen molar-refractivity contribution in [3.05, 3.63) is 143 Å². The van der Waals surface area contributed by atoms with E-state index >= 15 is 0 Å². The van der Waals surface area contributed by atoms with E-state index in [2.05, 4.69) is 65.6 Å². The molecule has 2 heterocycles. The van der Waals surface area contributed by atoms with Crippen LogP contribution in [0.15, 0.2) is 120 Å². The number of nitrogens with two attached hydrogens (primary N) is 1. The molecule has 5 nitrogen and oxygen atoms in total. The Morgan fingerprint density at radius 1 is 0.775 bits per heavy atom. The van der Waals surface area contributed by atoms with Gasteiger partial charge < -0.3 is 15.5 Å². The molecule has 1 saturated heterocycles. The van der Waals surface area contributed by atoms with Crippen molar-refractivity contribution < 1.29 is 4.79 Å². The van der Waals surface area contributed by atoms with Crippen LogP contribution in [0.1, 0.15) is 45.5 Å². The van der Waals surface area contributed by atoms with Crippen molar-refractivity contribution in [2.75, 3.05) is 19.6 Å². The first kappa shape index (κ1) is 25.9. The molecule has 202 valence electrons. The highest BCUT2D eigenvalue weighted by Crippen LogP contribution is 2.38. The van der Waals surface area contributed by atoms with Crippen molar-refractivity contribution >= 4 is 11.9 Å². The van der Waals surface area contributed by atoms with Gasteiger partial charge in [0.1, 0.15) is 5.54 Å². The molecule has 0 unspecified atom stereocenters. The summed E-state index contributed by atoms with van der Waals surface area (Å²) in [5, 5.41) is 0. The summed E-state index contributed by atoms with van der Waals surface area (Å²) in [6.45, 7) is 2.85. The maximum atomic E-state index is 13.5. The second-order valence-electron chi connectivity index (χ2n) is 11.0. The third kappa shape index (κ3) is 5.37. The molecule has 0 aliphatic carbocycles. The molecule has 0 radical (unpaired) electrons. The van der Waals surface area contributed by atoms with E-state index in [1.165, 1.54) is 5.56 Å². The van der Waals surface area contributed by atoms with Crippen LogP contribution in [0, 0.1) is 5.92 Å². The van der Waals surface area contributed by atoms with Gasteiger partial charge in [0.15, 0.2) is 5.96 Å². The molecule has 40 heavy (non-hydrogen) atoms. The number of hydrogen-bond donors (Lipinski definition) is 1. The highest BCUT2D eigenvalue weighted by molar-refractivity contribution is 5.94. The van der Waals surface area contributed by atoms with Crippen LogP contribution in [0.4, 0.5) is 0 Å². The molecule has 4 aromatic carbocycles. The largest absolute Gasteiger partial charge is 0.370 e. The molecule has 0 spiro atoms. The molecule has 1 amide bonds. The number of rotatable bonds is 7. The number of nitrogens with zero attached hydrogens (tertiary/aromatic N) is 3. The number of carbonyl (C=O) groups is 1. The molecular formula is C35H36N4O. The van der Waals surface area contributed by atoms with Gasteiger partial charge in [-0.2, -0.15) is 0 Å². The Balaban J connectivity index is 1.14. The lowest BCUT2D eigenvalue weighted by atomic mass is 9.83. The standard InChI is InChI=1S/C35H36N4O/c36-34-37-35(31-15-6-2-7-16-31,32-17-8-3-9-18-32)26-39(34)25-29-13-10-14-30(24-29)33(40)38-21-19-28(20-22-38)23-27-11-4-1-5-12-27/h1-18,24,28H,19-23,25-26H2,(H2,36,37). The van der Waals surface area contributed by atoms with Gasteiger partial charge in [-0.05, 0) is 59.6 Å². The molecule has 2 aliphatic heterocycles. The molecule has 2 aliphatic rings. The minimum absolute atomic E-state index is 0.117. The van der Waals surface area contributed by atoms with Gasteiger partial charge in [-0.25, -0.2) is 4.99 Å². The number of guanidine groups is 1. The minimum Gasteiger partial charge on any atom is -0.370 e. The summed E-state index contributed by atoms with van der Waals surface area (Å²) in [5.41, 5.74) is 11.4. The summed E-state index contributed by atoms with van der Waals surface area (Å²) in [4.78, 5) is 22.6. The van der Waals surface area contributed by atoms with Gasteiger partial charge in [-0.15, -0.1) is 0 Å². The third-order valence-electron chi connectivity index (χ3n) is 8.37. The Labute approximate surface area is 237 Å². The summed E-state index contributed by atoms with van der Waals surface area (Å²) in [5.74, 6) is 1.26. The van der Waals surface area contributed by atoms with Gasteiger partial charge in [0, 0.05) is 25.2 Å². The fourth-order valence-electron chi connectivity index (χ4n) is 6.20. The van der Waals surface area contributed by atoms with E-state index in [0.717, 1.165) is 54.6 Å². The van der Waals surface area contributed by atoms with Crippen LogP contribution < -0.4 is 5.73 Å². The third-order valence-corrected chi connectivity index (χ3v) is 8.37. The molecule has 1 fully saturated rings. The maximum Gasteiger partial charge on any atom is 0.253 e. The lowest BCUT2D eigenvalue weighted by Gasteiger charge is -2.32. The Bertz CT molecular complexity index is 1420. The first-order valence-electron chi connectivity index (χ1n) is 14.2. The minimum atomic E-state index is -0.565. The summed E-state index contributed by atoms with van der Waals surface area (Å²) in [6, 6.07) is 39.4. The zero-order chi connectivity index (χ0) is 27.4. The van der Waals surface area contributed by atoms with Gasteiger partial charge in [0.25, 0.3) is 5.91 Å². The van der Waals surface area contributed by atoms with E-state index in [1.54, 1.807) is 0 Å². The van der Waals surface area contributed by atoms with Crippen LogP contribution >= 0.6 is 0 Å². The maximum absolute atomic E-state index is 13.5. The van der Waals surface area contributed by atoms with Crippen molar-refractivity contribution in [1.82, 2.24) is 9.80 Å². The molecule has 5 heteroatoms. The van der Waals surface area contributed by atoms with Crippen LogP contribution in [0.5, 0.6) is 0 Å². The predicted octanol–water partition coefficient (Wildman–Crippen LogP) is 5.86. The zero-order valence-electron chi connectivity index (χ0n) is 22.8. The SMILES string of the molecule is NC1=NC(c2ccccc2)(c2ccccc2)CN1Cc1cccc(C(=O)N2CCC(Cc3ccccc3)CC2)c1. The molecular weight excluding hydrogens is 492 g/mol. The quantitative estimate of drug-likeness (QED) is 0.327. The van der Waals surface area contributed by atoms with E-state index in [9.17, 15) is 4.79 Å². The second-order valence-corrected chi connectivity index (χ2v) is 11.0. The molecule has 4 aromatic rings. The summed E-state index contributed by atoms with van der Waals surface area (Å²) in [6.07, 6.45) is 3.18. The van der Waals surface area contributed by atoms with Gasteiger partial charge in [-0.1, -0.05) is 103 Å². The second kappa shape index (κ2) is 11.4. The molecule has 6 rings (SSSR count). The van der Waals surface area contributed by atoms with Crippen molar-refractivity contribution in [3.8, 4) is 0 Å². The van der Waals surface area contributed by atoms with Gasteiger partial charge in [-0.3, -0.25) is 4.79 Å². The Morgan fingerprint density at radius 2 is 1.35 bits per heavy atom. The number of carbonyl (C=O) groups excluding carboxylic acids is 1. The van der Waals surface area contributed by atoms with E-state index in [0.29, 0.717) is 25.0 Å². The highest BCUT2D eigenvalue weighted by Gasteiger charge is 2.41. The highest BCUT2D eigenvalue weighted by atomic mass is 16.2. The topological polar surface area (TPSA) is 61.9 Å². The Morgan fingerprint density at radius 3 is 1.98 bits per heavy atom. The molecule has 0 bridgehead atoms. The van der Waals surface area contributed by atoms with Crippen molar-refractivity contribution in [2.45, 2.75) is 31.3 Å². The van der Waals surface area contributed by atoms with Crippen molar-refractivity contribution in [3.63, 3.8) is 0 Å². The fourth-order valence-corrected chi connectivity index (χ4v) is 6.20. The number of amides is 1. The molecule has 2 N–H and O–H groups in total. The summed E-state index contributed by atoms with van der Waals surface area (Å²) < 4.78 is 0. The summed E-state index contributed by atoms with van der Waals surface area (Å²) in [7, 11) is 0. The van der Waals surface area contributed by atoms with E-state index in [1.807, 2.05) is 59.5 Å². The molecule has 0 saturated carbocycles. The van der Waals surface area contributed by atoms with Crippen molar-refractivity contribution in [2.24, 2.45) is 16.6 Å². The first-order valence-corrected chi connectivity index (χ1v) is 14.2. The van der Waals surface area contributed by atoms with Crippen LogP contribution in [0.3, 0.4) is 0 Å². The van der Waals surface area contributed by atoms with Crippen LogP contribution in [-0.4, -0.2) is 41.3 Å². The zero-order valence-corrected chi connectivity index (χ0v) is 22.8. The average molecular weight is 529 g/mol. The number of likely N-dealkylation sites (tertiary alicyclic amines) is 1. The van der Waals surface area contributed by atoms with E-state index in [4.69, 9.17) is 10.7 Å². The van der Waals surface area contributed by atoms with E-state index in [-0.39, 0.29) is 5.91 Å². The molecule has 0 aromatic heterocycles. The lowest BCUT2D eigenvalue weighted by Crippen LogP contribution is -2.39. The van der Waals surface area contributed by atoms with E-state index < -0.39 is 5.54 Å². The Hall–Kier alpha value is -4.38. The number of benzene rings is 4. The first-order chi connectivity index (χ1) is 19.6. The lowest BCUT2D eigenvalue weighted by molar-refractivity contribution is 0.0690. The summed E-state index contributed by atoms with van der Waals surface area (Å²) >= 11 is 0. The van der Waals surface area contributed by atoms with Crippen LogP contribution in [0.2, 0.25) is 0 Å². The monoisotopic (exact) mass is 528 g/mol.